The van der Waals surface area contributed by atoms with E-state index < -0.39 is 17.7 Å². The molecule has 1 amide bonds. The maximum absolute atomic E-state index is 12.9. The van der Waals surface area contributed by atoms with Crippen LogP contribution < -0.4 is 0 Å². The van der Waals surface area contributed by atoms with Gasteiger partial charge in [-0.3, -0.25) is 9.59 Å². The first-order chi connectivity index (χ1) is 13.9. The lowest BCUT2D eigenvalue weighted by molar-refractivity contribution is -0.140. The number of nitrogens with zero attached hydrogens (tertiary/aromatic N) is 2. The number of rotatable bonds is 7. The fourth-order valence-corrected chi connectivity index (χ4v) is 3.66. The lowest BCUT2D eigenvalue weighted by Crippen LogP contribution is -2.37. The van der Waals surface area contributed by atoms with Crippen LogP contribution in [0.4, 0.5) is 0 Å². The summed E-state index contributed by atoms with van der Waals surface area (Å²) in [5.41, 5.74) is 1.62. The van der Waals surface area contributed by atoms with Crippen LogP contribution in [0.15, 0.2) is 46.4 Å². The summed E-state index contributed by atoms with van der Waals surface area (Å²) < 4.78 is 5.78. The zero-order chi connectivity index (χ0) is 21.1. The molecule has 1 atom stereocenters. The van der Waals surface area contributed by atoms with Crippen LogP contribution in [0.3, 0.4) is 0 Å². The molecule has 6 nitrogen and oxygen atoms in total. The van der Waals surface area contributed by atoms with E-state index in [9.17, 15) is 14.7 Å². The monoisotopic (exact) mass is 396 g/mol. The van der Waals surface area contributed by atoms with E-state index in [-0.39, 0.29) is 11.3 Å². The number of likely N-dealkylation sites (N-methyl/N-ethyl adjacent to an activating group) is 1. The second-order valence-corrected chi connectivity index (χ2v) is 7.33. The third-order valence-electron chi connectivity index (χ3n) is 5.45. The minimum absolute atomic E-state index is 0.0766. The number of carbonyl (C=O) groups excluding carboxylic acids is 2. The normalized spacial score (nSPS) is 18.8. The van der Waals surface area contributed by atoms with Crippen molar-refractivity contribution < 1.29 is 19.1 Å². The van der Waals surface area contributed by atoms with Crippen molar-refractivity contribution in [3.63, 3.8) is 0 Å². The molecule has 3 rings (SSSR count). The summed E-state index contributed by atoms with van der Waals surface area (Å²) in [4.78, 5) is 29.5. The van der Waals surface area contributed by atoms with Crippen molar-refractivity contribution in [3.05, 3.63) is 64.6 Å². The minimum atomic E-state index is -0.736. The Bertz CT molecular complexity index is 923. The molecule has 0 bridgehead atoms. The molecule has 1 saturated heterocycles. The molecule has 1 fully saturated rings. The average molecular weight is 396 g/mol. The molecule has 6 heteroatoms. The Labute approximate surface area is 171 Å². The standard InChI is InChI=1S/C23H28N2O4/c1-5-24(6-2)13-14-25-20(18-12-9-16(4)29-18)19(22(27)23(25)28)21(26)17-10-7-15(3)8-11-17/h7-12,20,26H,5-6,13-14H2,1-4H3/b21-19+/t20-/m0/s1. The highest BCUT2D eigenvalue weighted by Gasteiger charge is 2.47. The van der Waals surface area contributed by atoms with Gasteiger partial charge in [-0.05, 0) is 39.1 Å². The molecule has 154 valence electrons. The fourth-order valence-electron chi connectivity index (χ4n) is 3.66. The van der Waals surface area contributed by atoms with Crippen LogP contribution in [0.2, 0.25) is 0 Å². The number of hydrogen-bond acceptors (Lipinski definition) is 5. The summed E-state index contributed by atoms with van der Waals surface area (Å²) >= 11 is 0. The van der Waals surface area contributed by atoms with Crippen molar-refractivity contribution in [1.29, 1.82) is 0 Å². The van der Waals surface area contributed by atoms with Gasteiger partial charge in [0, 0.05) is 18.7 Å². The molecule has 2 heterocycles. The summed E-state index contributed by atoms with van der Waals surface area (Å²) in [6.07, 6.45) is 0. The number of aliphatic hydroxyl groups is 1. The van der Waals surface area contributed by atoms with Gasteiger partial charge in [0.1, 0.15) is 23.3 Å². The number of hydrogen-bond donors (Lipinski definition) is 1. The van der Waals surface area contributed by atoms with E-state index in [1.807, 2.05) is 26.0 Å². The van der Waals surface area contributed by atoms with Gasteiger partial charge in [-0.1, -0.05) is 43.7 Å². The number of furan rings is 1. The number of benzene rings is 1. The Morgan fingerprint density at radius 2 is 1.72 bits per heavy atom. The summed E-state index contributed by atoms with van der Waals surface area (Å²) in [5, 5.41) is 11.0. The van der Waals surface area contributed by atoms with Crippen molar-refractivity contribution in [2.24, 2.45) is 0 Å². The number of aryl methyl sites for hydroxylation is 2. The van der Waals surface area contributed by atoms with Gasteiger partial charge in [0.2, 0.25) is 0 Å². The molecular formula is C23H28N2O4. The second-order valence-electron chi connectivity index (χ2n) is 7.33. The maximum atomic E-state index is 12.9. The quantitative estimate of drug-likeness (QED) is 0.439. The van der Waals surface area contributed by atoms with Crippen molar-refractivity contribution in [3.8, 4) is 0 Å². The smallest absolute Gasteiger partial charge is 0.295 e. The largest absolute Gasteiger partial charge is 0.507 e. The third-order valence-corrected chi connectivity index (χ3v) is 5.45. The SMILES string of the molecule is CCN(CC)CCN1C(=O)C(=O)/C(=C(/O)c2ccc(C)cc2)[C@@H]1c1ccc(C)o1. The molecule has 1 aromatic carbocycles. The molecule has 1 N–H and O–H groups in total. The van der Waals surface area contributed by atoms with Gasteiger partial charge in [-0.25, -0.2) is 0 Å². The van der Waals surface area contributed by atoms with Crippen LogP contribution in [0.1, 0.15) is 42.5 Å². The summed E-state index contributed by atoms with van der Waals surface area (Å²) in [6, 6.07) is 10.0. The van der Waals surface area contributed by atoms with Crippen LogP contribution in [0.5, 0.6) is 0 Å². The lowest BCUT2D eigenvalue weighted by Gasteiger charge is -2.26. The lowest BCUT2D eigenvalue weighted by atomic mass is 9.99. The number of amides is 1. The van der Waals surface area contributed by atoms with Crippen LogP contribution in [0, 0.1) is 13.8 Å². The molecule has 0 saturated carbocycles. The van der Waals surface area contributed by atoms with Gasteiger partial charge in [-0.2, -0.15) is 0 Å². The summed E-state index contributed by atoms with van der Waals surface area (Å²) in [7, 11) is 0. The number of carbonyl (C=O) groups is 2. The fraction of sp³-hybridized carbons (Fsp3) is 0.391. The van der Waals surface area contributed by atoms with E-state index in [4.69, 9.17) is 4.42 Å². The topological polar surface area (TPSA) is 74.0 Å². The van der Waals surface area contributed by atoms with Crippen molar-refractivity contribution in [2.45, 2.75) is 33.7 Å². The van der Waals surface area contributed by atoms with Gasteiger partial charge in [0.25, 0.3) is 11.7 Å². The molecule has 1 aromatic heterocycles. The molecule has 0 unspecified atom stereocenters. The number of Topliss-reactive ketones (excluding diaryl/α,β-unsaturated/α-hetero) is 1. The Hall–Kier alpha value is -2.86. The number of aliphatic hydroxyl groups excluding tert-OH is 1. The Kier molecular flexibility index (Phi) is 6.23. The predicted octanol–water partition coefficient (Wildman–Crippen LogP) is 3.66. The average Bonchev–Trinajstić information content (AvgIpc) is 3.24. The molecular weight excluding hydrogens is 368 g/mol. The van der Waals surface area contributed by atoms with Crippen LogP contribution in [-0.2, 0) is 9.59 Å². The van der Waals surface area contributed by atoms with E-state index in [0.717, 1.165) is 18.7 Å². The first-order valence-electron chi connectivity index (χ1n) is 10.0. The molecule has 0 aliphatic carbocycles. The molecule has 1 aliphatic heterocycles. The van der Waals surface area contributed by atoms with E-state index in [0.29, 0.717) is 30.2 Å². The predicted molar refractivity (Wildman–Crippen MR) is 111 cm³/mol. The second kappa shape index (κ2) is 8.66. The van der Waals surface area contributed by atoms with E-state index in [2.05, 4.69) is 18.7 Å². The number of ketones is 1. The van der Waals surface area contributed by atoms with Gasteiger partial charge in [-0.15, -0.1) is 0 Å². The summed E-state index contributed by atoms with van der Waals surface area (Å²) in [6.45, 7) is 10.6. The highest BCUT2D eigenvalue weighted by atomic mass is 16.3. The maximum Gasteiger partial charge on any atom is 0.295 e. The zero-order valence-corrected chi connectivity index (χ0v) is 17.4. The van der Waals surface area contributed by atoms with Gasteiger partial charge >= 0.3 is 0 Å². The van der Waals surface area contributed by atoms with Crippen molar-refractivity contribution >= 4 is 17.4 Å². The Balaban J connectivity index is 2.06. The highest BCUT2D eigenvalue weighted by Crippen LogP contribution is 2.39. The Morgan fingerprint density at radius 1 is 1.07 bits per heavy atom. The van der Waals surface area contributed by atoms with Crippen LogP contribution in [-0.4, -0.2) is 52.8 Å². The van der Waals surface area contributed by atoms with E-state index in [1.165, 1.54) is 4.90 Å². The van der Waals surface area contributed by atoms with Gasteiger partial charge in [0.05, 0.1) is 5.57 Å². The minimum Gasteiger partial charge on any atom is -0.507 e. The van der Waals surface area contributed by atoms with E-state index >= 15 is 0 Å². The molecule has 0 spiro atoms. The van der Waals surface area contributed by atoms with Crippen molar-refractivity contribution in [2.75, 3.05) is 26.2 Å². The van der Waals surface area contributed by atoms with Crippen molar-refractivity contribution in [1.82, 2.24) is 9.80 Å². The first-order valence-corrected chi connectivity index (χ1v) is 10.0. The Morgan fingerprint density at radius 3 is 2.28 bits per heavy atom. The first kappa shape index (κ1) is 20.9. The molecule has 29 heavy (non-hydrogen) atoms. The molecule has 1 aliphatic rings. The number of likely N-dealkylation sites (tertiary alicyclic amines) is 1. The summed E-state index contributed by atoms with van der Waals surface area (Å²) in [5.74, 6) is -0.293. The van der Waals surface area contributed by atoms with Gasteiger partial charge < -0.3 is 19.3 Å². The zero-order valence-electron chi connectivity index (χ0n) is 17.4. The molecule has 2 aromatic rings. The third kappa shape index (κ3) is 4.12. The molecule has 0 radical (unpaired) electrons. The van der Waals surface area contributed by atoms with Crippen LogP contribution in [0.25, 0.3) is 5.76 Å². The van der Waals surface area contributed by atoms with E-state index in [1.54, 1.807) is 24.3 Å². The van der Waals surface area contributed by atoms with Crippen LogP contribution >= 0.6 is 0 Å². The highest BCUT2D eigenvalue weighted by molar-refractivity contribution is 6.46. The van der Waals surface area contributed by atoms with Gasteiger partial charge in [0.15, 0.2) is 0 Å².